The summed E-state index contributed by atoms with van der Waals surface area (Å²) in [4.78, 5) is 10.4. The Morgan fingerprint density at radius 1 is 1.58 bits per heavy atom. The van der Waals surface area contributed by atoms with E-state index in [4.69, 9.17) is 5.11 Å². The molecule has 1 saturated carbocycles. The molecule has 0 aromatic heterocycles. The summed E-state index contributed by atoms with van der Waals surface area (Å²) in [5.41, 5.74) is -0.753. The van der Waals surface area contributed by atoms with Crippen LogP contribution in [0.2, 0.25) is 0 Å². The highest BCUT2D eigenvalue weighted by atomic mass is 16.4. The zero-order valence-electron chi connectivity index (χ0n) is 7.42. The molecule has 0 spiro atoms. The molecule has 0 aliphatic heterocycles. The molecule has 70 valence electrons. The first kappa shape index (κ1) is 9.52. The first-order valence-corrected chi connectivity index (χ1v) is 4.46. The zero-order chi connectivity index (χ0) is 9.19. The third kappa shape index (κ3) is 2.21. The van der Waals surface area contributed by atoms with Crippen molar-refractivity contribution in [2.45, 2.75) is 44.6 Å². The first-order valence-electron chi connectivity index (χ1n) is 4.46. The molecule has 0 radical (unpaired) electrons. The molecule has 1 aliphatic carbocycles. The van der Waals surface area contributed by atoms with E-state index in [1.54, 1.807) is 6.92 Å². The molecule has 2 atom stereocenters. The van der Waals surface area contributed by atoms with Crippen LogP contribution in [0, 0.1) is 5.92 Å². The highest BCUT2D eigenvalue weighted by molar-refractivity contribution is 5.67. The quantitative estimate of drug-likeness (QED) is 0.662. The highest BCUT2D eigenvalue weighted by Crippen LogP contribution is 2.35. The Kier molecular flexibility index (Phi) is 2.73. The normalized spacial score (nSPS) is 36.3. The van der Waals surface area contributed by atoms with Gasteiger partial charge in [0.15, 0.2) is 0 Å². The fraction of sp³-hybridized carbons (Fsp3) is 0.889. The minimum Gasteiger partial charge on any atom is -0.481 e. The van der Waals surface area contributed by atoms with Gasteiger partial charge < -0.3 is 10.2 Å². The maximum absolute atomic E-state index is 10.4. The van der Waals surface area contributed by atoms with Gasteiger partial charge in [0.25, 0.3) is 0 Å². The molecule has 0 aromatic rings. The number of carbonyl (C=O) groups is 1. The van der Waals surface area contributed by atoms with Gasteiger partial charge in [-0.25, -0.2) is 0 Å². The van der Waals surface area contributed by atoms with Crippen LogP contribution in [0.4, 0.5) is 0 Å². The van der Waals surface area contributed by atoms with E-state index in [0.717, 1.165) is 25.7 Å². The van der Waals surface area contributed by atoms with Gasteiger partial charge >= 0.3 is 5.97 Å². The average Bonchev–Trinajstić information content (AvgIpc) is 1.92. The van der Waals surface area contributed by atoms with Crippen LogP contribution in [0.15, 0.2) is 0 Å². The van der Waals surface area contributed by atoms with Crippen molar-refractivity contribution in [2.75, 3.05) is 0 Å². The Balaban J connectivity index is 2.54. The largest absolute Gasteiger partial charge is 0.481 e. The van der Waals surface area contributed by atoms with Gasteiger partial charge in [-0.3, -0.25) is 4.79 Å². The second-order valence-corrected chi connectivity index (χ2v) is 3.90. The number of carboxylic acids is 1. The van der Waals surface area contributed by atoms with E-state index >= 15 is 0 Å². The van der Waals surface area contributed by atoms with Gasteiger partial charge in [0, 0.05) is 0 Å². The summed E-state index contributed by atoms with van der Waals surface area (Å²) in [6.45, 7) is 1.75. The van der Waals surface area contributed by atoms with Gasteiger partial charge in [0.05, 0.1) is 12.0 Å². The fourth-order valence-corrected chi connectivity index (χ4v) is 1.92. The molecule has 1 rings (SSSR count). The summed E-state index contributed by atoms with van der Waals surface area (Å²) >= 11 is 0. The molecular formula is C9H16O3. The molecule has 12 heavy (non-hydrogen) atoms. The van der Waals surface area contributed by atoms with E-state index < -0.39 is 11.6 Å². The van der Waals surface area contributed by atoms with E-state index in [0.29, 0.717) is 0 Å². The molecule has 3 heteroatoms. The predicted octanol–water partition coefficient (Wildman–Crippen LogP) is 1.40. The summed E-state index contributed by atoms with van der Waals surface area (Å²) in [5, 5.41) is 18.4. The highest BCUT2D eigenvalue weighted by Gasteiger charge is 2.35. The molecule has 0 heterocycles. The van der Waals surface area contributed by atoms with Crippen LogP contribution >= 0.6 is 0 Å². The molecule has 0 saturated heterocycles. The Bertz CT molecular complexity index is 175. The van der Waals surface area contributed by atoms with Crippen molar-refractivity contribution >= 4 is 5.97 Å². The monoisotopic (exact) mass is 172 g/mol. The number of aliphatic carboxylic acids is 1. The Hall–Kier alpha value is -0.570. The van der Waals surface area contributed by atoms with E-state index in [-0.39, 0.29) is 12.3 Å². The van der Waals surface area contributed by atoms with Crippen molar-refractivity contribution in [3.8, 4) is 0 Å². The lowest BCUT2D eigenvalue weighted by Gasteiger charge is -2.36. The van der Waals surface area contributed by atoms with Crippen LogP contribution in [0.3, 0.4) is 0 Å². The van der Waals surface area contributed by atoms with Crippen LogP contribution in [0.25, 0.3) is 0 Å². The van der Waals surface area contributed by atoms with Gasteiger partial charge in [0.2, 0.25) is 0 Å². The standard InChI is InChI=1S/C9H16O3/c1-9(12)5-3-2-4-7(9)6-8(10)11/h7,12H,2-6H2,1H3,(H,10,11). The fourth-order valence-electron chi connectivity index (χ4n) is 1.92. The van der Waals surface area contributed by atoms with Gasteiger partial charge in [-0.2, -0.15) is 0 Å². The van der Waals surface area contributed by atoms with Crippen LogP contribution in [-0.4, -0.2) is 21.8 Å². The Morgan fingerprint density at radius 2 is 2.25 bits per heavy atom. The van der Waals surface area contributed by atoms with E-state index in [2.05, 4.69) is 0 Å². The summed E-state index contributed by atoms with van der Waals surface area (Å²) < 4.78 is 0. The number of hydrogen-bond donors (Lipinski definition) is 2. The van der Waals surface area contributed by atoms with Crippen LogP contribution < -0.4 is 0 Å². The maximum Gasteiger partial charge on any atom is 0.303 e. The number of aliphatic hydroxyl groups is 1. The number of hydrogen-bond acceptors (Lipinski definition) is 2. The Labute approximate surface area is 72.4 Å². The molecule has 0 aromatic carbocycles. The smallest absolute Gasteiger partial charge is 0.303 e. The predicted molar refractivity (Wildman–Crippen MR) is 44.8 cm³/mol. The molecule has 2 unspecified atom stereocenters. The maximum atomic E-state index is 10.4. The van der Waals surface area contributed by atoms with Crippen molar-refractivity contribution in [3.63, 3.8) is 0 Å². The van der Waals surface area contributed by atoms with Gasteiger partial charge in [-0.1, -0.05) is 12.8 Å². The SMILES string of the molecule is CC1(O)CCCCC1CC(=O)O. The first-order chi connectivity index (χ1) is 5.52. The number of carboxylic acid groups (broad SMARTS) is 1. The van der Waals surface area contributed by atoms with Gasteiger partial charge in [-0.05, 0) is 25.7 Å². The van der Waals surface area contributed by atoms with Crippen molar-refractivity contribution in [1.29, 1.82) is 0 Å². The molecule has 2 N–H and O–H groups in total. The zero-order valence-corrected chi connectivity index (χ0v) is 7.42. The average molecular weight is 172 g/mol. The van der Waals surface area contributed by atoms with Gasteiger partial charge in [-0.15, -0.1) is 0 Å². The van der Waals surface area contributed by atoms with E-state index in [1.165, 1.54) is 0 Å². The molecule has 3 nitrogen and oxygen atoms in total. The van der Waals surface area contributed by atoms with E-state index in [1.807, 2.05) is 0 Å². The van der Waals surface area contributed by atoms with E-state index in [9.17, 15) is 9.90 Å². The minimum atomic E-state index is -0.804. The lowest BCUT2D eigenvalue weighted by atomic mass is 9.75. The molecule has 0 bridgehead atoms. The topological polar surface area (TPSA) is 57.5 Å². The summed E-state index contributed by atoms with van der Waals surface area (Å²) in [6.07, 6.45) is 3.76. The van der Waals surface area contributed by atoms with Crippen LogP contribution in [0.5, 0.6) is 0 Å². The lowest BCUT2D eigenvalue weighted by Crippen LogP contribution is -2.38. The molecule has 1 aliphatic rings. The van der Waals surface area contributed by atoms with Crippen LogP contribution in [0.1, 0.15) is 39.0 Å². The summed E-state index contributed by atoms with van der Waals surface area (Å²) in [7, 11) is 0. The minimum absolute atomic E-state index is 0.0521. The van der Waals surface area contributed by atoms with Crippen LogP contribution in [-0.2, 0) is 4.79 Å². The summed E-state index contributed by atoms with van der Waals surface area (Å²) in [5.74, 6) is -0.856. The van der Waals surface area contributed by atoms with Crippen molar-refractivity contribution in [2.24, 2.45) is 5.92 Å². The third-order valence-electron chi connectivity index (χ3n) is 2.79. The van der Waals surface area contributed by atoms with Crippen molar-refractivity contribution < 1.29 is 15.0 Å². The van der Waals surface area contributed by atoms with Gasteiger partial charge in [0.1, 0.15) is 0 Å². The third-order valence-corrected chi connectivity index (χ3v) is 2.79. The second-order valence-electron chi connectivity index (χ2n) is 3.90. The molecular weight excluding hydrogens is 156 g/mol. The molecule has 0 amide bonds. The van der Waals surface area contributed by atoms with Crippen molar-refractivity contribution in [3.05, 3.63) is 0 Å². The lowest BCUT2D eigenvalue weighted by molar-refractivity contribution is -0.142. The van der Waals surface area contributed by atoms with Crippen molar-refractivity contribution in [1.82, 2.24) is 0 Å². The number of rotatable bonds is 2. The second kappa shape index (κ2) is 3.44. The Morgan fingerprint density at radius 3 is 2.75 bits per heavy atom. The summed E-state index contributed by atoms with van der Waals surface area (Å²) in [6, 6.07) is 0. The molecule has 1 fully saturated rings.